The quantitative estimate of drug-likeness (QED) is 0.727. The van der Waals surface area contributed by atoms with E-state index in [0.717, 1.165) is 18.7 Å². The molecule has 0 bridgehead atoms. The average Bonchev–Trinajstić information content (AvgIpc) is 3.13. The third kappa shape index (κ3) is 5.46. The molecule has 1 aliphatic heterocycles. The predicted molar refractivity (Wildman–Crippen MR) is 106 cm³/mol. The Morgan fingerprint density at radius 2 is 2.03 bits per heavy atom. The lowest BCUT2D eigenvalue weighted by Gasteiger charge is -2.31. The van der Waals surface area contributed by atoms with E-state index >= 15 is 0 Å². The lowest BCUT2D eigenvalue weighted by atomic mass is 10.1. The lowest BCUT2D eigenvalue weighted by molar-refractivity contribution is -0.130. The minimum Gasteiger partial charge on any atom is -0.493 e. The van der Waals surface area contributed by atoms with E-state index in [4.69, 9.17) is 9.47 Å². The Kier molecular flexibility index (Phi) is 6.69. The first-order valence-electron chi connectivity index (χ1n) is 9.72. The largest absolute Gasteiger partial charge is 0.493 e. The van der Waals surface area contributed by atoms with Crippen LogP contribution in [0, 0.1) is 6.92 Å². The second kappa shape index (κ2) is 9.40. The van der Waals surface area contributed by atoms with Gasteiger partial charge in [0.1, 0.15) is 11.9 Å². The fraction of sp³-hybridized carbons (Fsp3) is 0.500. The van der Waals surface area contributed by atoms with Crippen LogP contribution in [0.1, 0.15) is 41.8 Å². The number of carbonyl (C=O) groups is 2. The Hall–Kier alpha value is -3.10. The van der Waals surface area contributed by atoms with E-state index in [-0.39, 0.29) is 17.9 Å². The zero-order chi connectivity index (χ0) is 20.8. The van der Waals surface area contributed by atoms with Crippen molar-refractivity contribution < 1.29 is 19.1 Å². The topological polar surface area (TPSA) is 109 Å². The average molecular weight is 401 g/mol. The third-order valence-corrected chi connectivity index (χ3v) is 4.88. The van der Waals surface area contributed by atoms with Crippen molar-refractivity contribution in [2.45, 2.75) is 39.2 Å². The van der Waals surface area contributed by atoms with Gasteiger partial charge in [-0.1, -0.05) is 0 Å². The summed E-state index contributed by atoms with van der Waals surface area (Å²) in [5.41, 5.74) is 0.492. The summed E-state index contributed by atoms with van der Waals surface area (Å²) in [7, 11) is 1.55. The minimum absolute atomic E-state index is 0.0176. The monoisotopic (exact) mass is 401 g/mol. The lowest BCUT2D eigenvalue weighted by Crippen LogP contribution is -2.40. The molecule has 1 aromatic heterocycles. The van der Waals surface area contributed by atoms with Crippen molar-refractivity contribution in [3.05, 3.63) is 35.4 Å². The summed E-state index contributed by atoms with van der Waals surface area (Å²) in [4.78, 5) is 29.9. The first-order valence-corrected chi connectivity index (χ1v) is 9.72. The molecule has 9 heteroatoms. The molecule has 29 heavy (non-hydrogen) atoms. The normalized spacial score (nSPS) is 14.5. The fourth-order valence-corrected chi connectivity index (χ4v) is 3.27. The van der Waals surface area contributed by atoms with Crippen LogP contribution in [0.2, 0.25) is 0 Å². The number of ether oxygens (including phenoxy) is 2. The van der Waals surface area contributed by atoms with Crippen LogP contribution in [0.3, 0.4) is 0 Å². The van der Waals surface area contributed by atoms with Gasteiger partial charge in [-0.05, 0) is 25.1 Å². The van der Waals surface area contributed by atoms with Gasteiger partial charge in [0.2, 0.25) is 5.91 Å². The van der Waals surface area contributed by atoms with E-state index in [0.29, 0.717) is 48.9 Å². The van der Waals surface area contributed by atoms with Gasteiger partial charge in [-0.3, -0.25) is 14.7 Å². The molecule has 2 N–H and O–H groups in total. The molecule has 1 fully saturated rings. The number of H-pyrrole nitrogens is 1. The number of aryl methyl sites for hydroxylation is 1. The van der Waals surface area contributed by atoms with Gasteiger partial charge in [-0.15, -0.1) is 0 Å². The van der Waals surface area contributed by atoms with E-state index in [9.17, 15) is 9.59 Å². The molecule has 1 aliphatic rings. The van der Waals surface area contributed by atoms with Crippen molar-refractivity contribution in [1.82, 2.24) is 25.4 Å². The van der Waals surface area contributed by atoms with Gasteiger partial charge >= 0.3 is 0 Å². The van der Waals surface area contributed by atoms with E-state index < -0.39 is 0 Å². The number of piperidine rings is 1. The number of aromatic amines is 1. The summed E-state index contributed by atoms with van der Waals surface area (Å²) in [6, 6.07) is 5.14. The number of methoxy groups -OCH3 is 1. The molecule has 2 amide bonds. The van der Waals surface area contributed by atoms with Crippen LogP contribution in [0.25, 0.3) is 0 Å². The highest BCUT2D eigenvalue weighted by atomic mass is 16.5. The first-order chi connectivity index (χ1) is 14.0. The number of likely N-dealkylation sites (tertiary alicyclic amines) is 1. The Balaban J connectivity index is 1.55. The van der Waals surface area contributed by atoms with Crippen LogP contribution in [0.5, 0.6) is 11.5 Å². The molecule has 156 valence electrons. The van der Waals surface area contributed by atoms with E-state index in [1.807, 2.05) is 11.8 Å². The molecular formula is C20H27N5O4. The van der Waals surface area contributed by atoms with Crippen molar-refractivity contribution in [2.24, 2.45) is 0 Å². The zero-order valence-corrected chi connectivity index (χ0v) is 17.0. The minimum atomic E-state index is -0.197. The van der Waals surface area contributed by atoms with Gasteiger partial charge < -0.3 is 19.7 Å². The van der Waals surface area contributed by atoms with Gasteiger partial charge in [0.05, 0.1) is 7.11 Å². The highest BCUT2D eigenvalue weighted by molar-refractivity contribution is 5.94. The maximum absolute atomic E-state index is 12.4. The Morgan fingerprint density at radius 3 is 2.66 bits per heavy atom. The van der Waals surface area contributed by atoms with E-state index in [1.165, 1.54) is 0 Å². The maximum atomic E-state index is 12.4. The van der Waals surface area contributed by atoms with Crippen LogP contribution in [0.4, 0.5) is 0 Å². The standard InChI is InChI=1S/C20H27N5O4/c1-13-22-19(24-23-13)6-9-21-20(27)15-4-5-17(18(12-15)28-3)29-16-7-10-25(11-8-16)14(2)26/h4-5,12,16H,6-11H2,1-3H3,(H,21,27)(H,22,23,24). The summed E-state index contributed by atoms with van der Waals surface area (Å²) < 4.78 is 11.5. The number of nitrogens with zero attached hydrogens (tertiary/aromatic N) is 3. The molecule has 0 radical (unpaired) electrons. The first kappa shape index (κ1) is 20.6. The molecule has 3 rings (SSSR count). The molecule has 1 aromatic carbocycles. The Labute approximate surface area is 169 Å². The molecule has 0 unspecified atom stereocenters. The molecule has 2 heterocycles. The van der Waals surface area contributed by atoms with Gasteiger partial charge in [0.15, 0.2) is 17.3 Å². The number of rotatable bonds is 7. The van der Waals surface area contributed by atoms with Crippen LogP contribution >= 0.6 is 0 Å². The van der Waals surface area contributed by atoms with Crippen LogP contribution in [-0.2, 0) is 11.2 Å². The summed E-state index contributed by atoms with van der Waals surface area (Å²) in [5, 5.41) is 9.68. The second-order valence-corrected chi connectivity index (χ2v) is 7.03. The van der Waals surface area contributed by atoms with E-state index in [1.54, 1.807) is 32.2 Å². The Bertz CT molecular complexity index is 858. The third-order valence-electron chi connectivity index (χ3n) is 4.88. The van der Waals surface area contributed by atoms with Gasteiger partial charge in [-0.25, -0.2) is 4.98 Å². The zero-order valence-electron chi connectivity index (χ0n) is 17.0. The predicted octanol–water partition coefficient (Wildman–Crippen LogP) is 1.48. The summed E-state index contributed by atoms with van der Waals surface area (Å²) in [5.74, 6) is 2.42. The number of aromatic nitrogens is 3. The van der Waals surface area contributed by atoms with Crippen molar-refractivity contribution in [1.29, 1.82) is 0 Å². The fourth-order valence-electron chi connectivity index (χ4n) is 3.27. The molecule has 9 nitrogen and oxygen atoms in total. The SMILES string of the molecule is COc1cc(C(=O)NCCc2n[nH]c(C)n2)ccc1OC1CCN(C(C)=O)CC1. The smallest absolute Gasteiger partial charge is 0.251 e. The van der Waals surface area contributed by atoms with E-state index in [2.05, 4.69) is 20.5 Å². The van der Waals surface area contributed by atoms with Crippen LogP contribution in [0.15, 0.2) is 18.2 Å². The van der Waals surface area contributed by atoms with Crippen molar-refractivity contribution in [3.63, 3.8) is 0 Å². The molecule has 0 atom stereocenters. The van der Waals surface area contributed by atoms with Crippen LogP contribution < -0.4 is 14.8 Å². The number of benzene rings is 1. The number of hydrogen-bond acceptors (Lipinski definition) is 6. The van der Waals surface area contributed by atoms with Gasteiger partial charge in [0.25, 0.3) is 5.91 Å². The summed E-state index contributed by atoms with van der Waals surface area (Å²) >= 11 is 0. The molecule has 2 aromatic rings. The highest BCUT2D eigenvalue weighted by Gasteiger charge is 2.23. The highest BCUT2D eigenvalue weighted by Crippen LogP contribution is 2.30. The number of carbonyl (C=O) groups excluding carboxylic acids is 2. The molecule has 0 spiro atoms. The summed E-state index contributed by atoms with van der Waals surface area (Å²) in [6.07, 6.45) is 2.11. The van der Waals surface area contributed by atoms with Crippen molar-refractivity contribution >= 4 is 11.8 Å². The van der Waals surface area contributed by atoms with Crippen molar-refractivity contribution in [2.75, 3.05) is 26.7 Å². The van der Waals surface area contributed by atoms with Crippen molar-refractivity contribution in [3.8, 4) is 11.5 Å². The maximum Gasteiger partial charge on any atom is 0.251 e. The number of nitrogens with one attached hydrogen (secondary N) is 2. The van der Waals surface area contributed by atoms with Crippen LogP contribution in [-0.4, -0.2) is 64.7 Å². The molecule has 1 saturated heterocycles. The molecule has 0 saturated carbocycles. The number of amides is 2. The van der Waals surface area contributed by atoms with Gasteiger partial charge in [0, 0.05) is 51.4 Å². The number of hydrogen-bond donors (Lipinski definition) is 2. The molecular weight excluding hydrogens is 374 g/mol. The summed E-state index contributed by atoms with van der Waals surface area (Å²) in [6.45, 7) is 5.23. The van der Waals surface area contributed by atoms with Gasteiger partial charge in [-0.2, -0.15) is 5.10 Å². The Morgan fingerprint density at radius 1 is 1.28 bits per heavy atom. The second-order valence-electron chi connectivity index (χ2n) is 7.03. The molecule has 0 aliphatic carbocycles.